The van der Waals surface area contributed by atoms with Crippen molar-refractivity contribution in [1.29, 1.82) is 0 Å². The Balaban J connectivity index is 1.64. The molecule has 4 heteroatoms. The van der Waals surface area contributed by atoms with Crippen molar-refractivity contribution in [2.24, 2.45) is 0 Å². The molecule has 1 amide bonds. The van der Waals surface area contributed by atoms with Crippen molar-refractivity contribution in [2.45, 2.75) is 31.7 Å². The van der Waals surface area contributed by atoms with Crippen LogP contribution in [0.15, 0.2) is 54.6 Å². The molecular weight excluding hydrogens is 314 g/mol. The lowest BCUT2D eigenvalue weighted by Gasteiger charge is -2.11. The van der Waals surface area contributed by atoms with E-state index in [4.69, 9.17) is 0 Å². The number of carbonyl (C=O) groups is 2. The van der Waals surface area contributed by atoms with Gasteiger partial charge in [-0.05, 0) is 43.2 Å². The number of allylic oxidation sites excluding steroid dienone is 1. The Kier molecular flexibility index (Phi) is 5.29. The number of aromatic hydroxyl groups is 1. The Labute approximate surface area is 147 Å². The largest absolute Gasteiger partial charge is 0.507 e. The molecule has 1 aliphatic carbocycles. The summed E-state index contributed by atoms with van der Waals surface area (Å²) < 4.78 is 0. The highest BCUT2D eigenvalue weighted by atomic mass is 16.3. The van der Waals surface area contributed by atoms with Gasteiger partial charge in [0, 0.05) is 22.7 Å². The Bertz CT molecular complexity index is 787. The van der Waals surface area contributed by atoms with Gasteiger partial charge in [-0.15, -0.1) is 0 Å². The van der Waals surface area contributed by atoms with E-state index in [1.165, 1.54) is 18.9 Å². The lowest BCUT2D eigenvalue weighted by atomic mass is 10.1. The first-order valence-corrected chi connectivity index (χ1v) is 8.55. The summed E-state index contributed by atoms with van der Waals surface area (Å²) in [5.41, 5.74) is 1.65. The highest BCUT2D eigenvalue weighted by Gasteiger charge is 2.18. The van der Waals surface area contributed by atoms with Gasteiger partial charge in [-0.2, -0.15) is 0 Å². The maximum absolute atomic E-state index is 12.2. The average Bonchev–Trinajstić information content (AvgIpc) is 3.14. The second-order valence-corrected chi connectivity index (χ2v) is 6.29. The zero-order valence-corrected chi connectivity index (χ0v) is 13.9. The smallest absolute Gasteiger partial charge is 0.251 e. The van der Waals surface area contributed by atoms with Gasteiger partial charge in [0.2, 0.25) is 0 Å². The molecule has 2 aromatic rings. The average molecular weight is 335 g/mol. The second kappa shape index (κ2) is 7.79. The van der Waals surface area contributed by atoms with Gasteiger partial charge in [-0.25, -0.2) is 0 Å². The number of benzene rings is 2. The second-order valence-electron chi connectivity index (χ2n) is 6.29. The van der Waals surface area contributed by atoms with Crippen LogP contribution in [0, 0.1) is 0 Å². The number of rotatable bonds is 5. The third kappa shape index (κ3) is 4.35. The van der Waals surface area contributed by atoms with Crippen LogP contribution in [0.3, 0.4) is 0 Å². The number of amides is 1. The van der Waals surface area contributed by atoms with E-state index < -0.39 is 0 Å². The minimum Gasteiger partial charge on any atom is -0.507 e. The number of hydrogen-bond donors (Lipinski definition) is 2. The van der Waals surface area contributed by atoms with Crippen molar-refractivity contribution in [3.05, 3.63) is 71.3 Å². The van der Waals surface area contributed by atoms with Crippen molar-refractivity contribution >= 4 is 17.8 Å². The van der Waals surface area contributed by atoms with E-state index in [-0.39, 0.29) is 23.5 Å². The van der Waals surface area contributed by atoms with Crippen LogP contribution in [-0.2, 0) is 0 Å². The zero-order chi connectivity index (χ0) is 17.6. The van der Waals surface area contributed by atoms with Crippen LogP contribution in [0.4, 0.5) is 0 Å². The van der Waals surface area contributed by atoms with Gasteiger partial charge in [-0.3, -0.25) is 9.59 Å². The molecule has 0 unspecified atom stereocenters. The van der Waals surface area contributed by atoms with Crippen molar-refractivity contribution in [1.82, 2.24) is 5.32 Å². The van der Waals surface area contributed by atoms with Gasteiger partial charge < -0.3 is 10.4 Å². The molecule has 128 valence electrons. The number of carbonyl (C=O) groups excluding carboxylic acids is 2. The minimum absolute atomic E-state index is 0.0874. The van der Waals surface area contributed by atoms with Crippen molar-refractivity contribution in [3.63, 3.8) is 0 Å². The predicted molar refractivity (Wildman–Crippen MR) is 97.6 cm³/mol. The molecule has 1 saturated carbocycles. The van der Waals surface area contributed by atoms with Gasteiger partial charge >= 0.3 is 0 Å². The summed E-state index contributed by atoms with van der Waals surface area (Å²) in [6.45, 7) is 0. The van der Waals surface area contributed by atoms with Gasteiger partial charge in [-0.1, -0.05) is 43.2 Å². The summed E-state index contributed by atoms with van der Waals surface area (Å²) in [5, 5.41) is 12.7. The molecule has 1 aliphatic rings. The summed E-state index contributed by atoms with van der Waals surface area (Å²) in [6, 6.07) is 13.7. The van der Waals surface area contributed by atoms with Crippen LogP contribution in [0.2, 0.25) is 0 Å². The molecule has 1 fully saturated rings. The molecule has 2 N–H and O–H groups in total. The highest BCUT2D eigenvalue weighted by molar-refractivity contribution is 6.07. The van der Waals surface area contributed by atoms with Gasteiger partial charge in [0.25, 0.3) is 5.91 Å². The molecule has 0 radical (unpaired) electrons. The Morgan fingerprint density at radius 2 is 1.60 bits per heavy atom. The molecule has 25 heavy (non-hydrogen) atoms. The molecule has 0 spiro atoms. The predicted octanol–water partition coefficient (Wildman–Crippen LogP) is 3.96. The van der Waals surface area contributed by atoms with Crippen LogP contribution in [0.1, 0.15) is 52.0 Å². The number of phenols is 1. The molecule has 3 rings (SSSR count). The number of para-hydroxylation sites is 1. The molecular formula is C21H21NO3. The topological polar surface area (TPSA) is 66.4 Å². The number of ketones is 1. The maximum atomic E-state index is 12.2. The third-order valence-corrected chi connectivity index (χ3v) is 4.47. The Hall–Kier alpha value is -2.88. The lowest BCUT2D eigenvalue weighted by Crippen LogP contribution is -2.32. The third-order valence-electron chi connectivity index (χ3n) is 4.47. The number of hydrogen-bond acceptors (Lipinski definition) is 3. The summed E-state index contributed by atoms with van der Waals surface area (Å²) in [6.07, 6.45) is 7.42. The normalized spacial score (nSPS) is 14.7. The van der Waals surface area contributed by atoms with E-state index >= 15 is 0 Å². The van der Waals surface area contributed by atoms with Crippen LogP contribution < -0.4 is 5.32 Å². The standard InChI is InChI=1S/C21H21NO3/c23-19-8-4-1-5-15(19)13-14-20(24)16-9-11-17(12-10-16)21(25)22-18-6-2-3-7-18/h1,4-5,8-14,18,23H,2-3,6-7H2,(H,22,25). The molecule has 0 heterocycles. The molecule has 0 aliphatic heterocycles. The lowest BCUT2D eigenvalue weighted by molar-refractivity contribution is 0.0936. The molecule has 0 atom stereocenters. The fourth-order valence-electron chi connectivity index (χ4n) is 3.01. The fraction of sp³-hybridized carbons (Fsp3) is 0.238. The van der Waals surface area contributed by atoms with E-state index in [9.17, 15) is 14.7 Å². The van der Waals surface area contributed by atoms with Gasteiger partial charge in [0.1, 0.15) is 5.75 Å². The van der Waals surface area contributed by atoms with Crippen LogP contribution in [0.5, 0.6) is 5.75 Å². The van der Waals surface area contributed by atoms with E-state index in [2.05, 4.69) is 5.32 Å². The first-order chi connectivity index (χ1) is 12.1. The minimum atomic E-state index is -0.175. The van der Waals surface area contributed by atoms with Crippen molar-refractivity contribution in [3.8, 4) is 5.75 Å². The first kappa shape index (κ1) is 17.0. The molecule has 0 aromatic heterocycles. The molecule has 4 nitrogen and oxygen atoms in total. The van der Waals surface area contributed by atoms with Crippen molar-refractivity contribution < 1.29 is 14.7 Å². The summed E-state index contributed by atoms with van der Waals surface area (Å²) >= 11 is 0. The maximum Gasteiger partial charge on any atom is 0.251 e. The van der Waals surface area contributed by atoms with Crippen LogP contribution in [0.25, 0.3) is 6.08 Å². The monoisotopic (exact) mass is 335 g/mol. The first-order valence-electron chi connectivity index (χ1n) is 8.55. The number of phenolic OH excluding ortho intramolecular Hbond substituents is 1. The van der Waals surface area contributed by atoms with Crippen LogP contribution in [-0.4, -0.2) is 22.8 Å². The van der Waals surface area contributed by atoms with E-state index in [1.54, 1.807) is 54.6 Å². The van der Waals surface area contributed by atoms with E-state index in [0.717, 1.165) is 12.8 Å². The van der Waals surface area contributed by atoms with Gasteiger partial charge in [0.05, 0.1) is 0 Å². The molecule has 2 aromatic carbocycles. The van der Waals surface area contributed by atoms with Crippen molar-refractivity contribution in [2.75, 3.05) is 0 Å². The summed E-state index contributed by atoms with van der Waals surface area (Å²) in [4.78, 5) is 24.4. The summed E-state index contributed by atoms with van der Waals surface area (Å²) in [5.74, 6) is -0.132. The Morgan fingerprint density at radius 3 is 2.28 bits per heavy atom. The quantitative estimate of drug-likeness (QED) is 0.642. The fourth-order valence-corrected chi connectivity index (χ4v) is 3.01. The summed E-state index contributed by atoms with van der Waals surface area (Å²) in [7, 11) is 0. The zero-order valence-electron chi connectivity index (χ0n) is 13.9. The van der Waals surface area contributed by atoms with Gasteiger partial charge in [0.15, 0.2) is 5.78 Å². The highest BCUT2D eigenvalue weighted by Crippen LogP contribution is 2.19. The van der Waals surface area contributed by atoms with E-state index in [1.807, 2.05) is 0 Å². The number of nitrogens with one attached hydrogen (secondary N) is 1. The van der Waals surface area contributed by atoms with Crippen LogP contribution >= 0.6 is 0 Å². The molecule has 0 saturated heterocycles. The Morgan fingerprint density at radius 1 is 0.960 bits per heavy atom. The van der Waals surface area contributed by atoms with E-state index in [0.29, 0.717) is 16.7 Å². The SMILES string of the molecule is O=C(C=Cc1ccccc1O)c1ccc(C(=O)NC2CCCC2)cc1. The molecule has 0 bridgehead atoms.